The van der Waals surface area contributed by atoms with E-state index >= 15 is 0 Å². The zero-order chi connectivity index (χ0) is 51.0. The number of aromatic nitrogens is 2. The Morgan fingerprint density at radius 2 is 0.513 bits per heavy atom. The van der Waals surface area contributed by atoms with Gasteiger partial charge in [0.1, 0.15) is 0 Å². The van der Waals surface area contributed by atoms with Gasteiger partial charge in [0.05, 0.1) is 48.5 Å². The maximum absolute atomic E-state index is 6.17. The molecule has 0 unspecified atom stereocenters. The summed E-state index contributed by atoms with van der Waals surface area (Å²) in [5, 5.41) is 4.99. The first-order valence-electron chi connectivity index (χ1n) is 25.7. The van der Waals surface area contributed by atoms with E-state index in [1.807, 2.05) is 0 Å². The third-order valence-electron chi connectivity index (χ3n) is 14.6. The molecule has 0 radical (unpaired) electrons. The van der Waals surface area contributed by atoms with Gasteiger partial charge in [0.25, 0.3) is 0 Å². The molecule has 76 heavy (non-hydrogen) atoms. The van der Waals surface area contributed by atoms with E-state index in [4.69, 9.17) is 9.47 Å². The molecule has 0 aliphatic heterocycles. The summed E-state index contributed by atoms with van der Waals surface area (Å²) in [6.07, 6.45) is 0. The molecule has 0 N–H and O–H groups in total. The summed E-state index contributed by atoms with van der Waals surface area (Å²) in [7, 11) is 0. The fourth-order valence-electron chi connectivity index (χ4n) is 10.6. The highest BCUT2D eigenvalue weighted by molar-refractivity contribution is 9.10. The van der Waals surface area contributed by atoms with Crippen molar-refractivity contribution < 1.29 is 9.47 Å². The Balaban J connectivity index is 0.591. The third-order valence-corrected chi connectivity index (χ3v) is 15.7. The molecule has 2 aromatic heterocycles. The van der Waals surface area contributed by atoms with Crippen molar-refractivity contribution in [3.63, 3.8) is 0 Å². The van der Waals surface area contributed by atoms with Crippen LogP contribution in [0.3, 0.4) is 0 Å². The number of hydrogen-bond donors (Lipinski definition) is 0. The van der Waals surface area contributed by atoms with Gasteiger partial charge in [0, 0.05) is 41.9 Å². The van der Waals surface area contributed by atoms with Gasteiger partial charge in [-0.1, -0.05) is 202 Å². The molecule has 13 rings (SSSR count). The monoisotopic (exact) mass is 1110 g/mol. The van der Waals surface area contributed by atoms with Gasteiger partial charge in [0.15, 0.2) is 0 Å². The van der Waals surface area contributed by atoms with Crippen molar-refractivity contribution in [2.45, 2.75) is 26.4 Å². The highest BCUT2D eigenvalue weighted by Crippen LogP contribution is 2.38. The maximum Gasteiger partial charge on any atom is 0.0721 e. The normalized spacial score (nSPS) is 11.6. The lowest BCUT2D eigenvalue weighted by atomic mass is 10.0. The fraction of sp³-hybridized carbons (Fsp3) is 0.0571. The Kier molecular flexibility index (Phi) is 13.1. The summed E-state index contributed by atoms with van der Waals surface area (Å²) in [4.78, 5) is 0. The van der Waals surface area contributed by atoms with E-state index in [0.29, 0.717) is 26.4 Å². The Bertz CT molecular complexity index is 3910. The largest absolute Gasteiger partial charge is 0.372 e. The van der Waals surface area contributed by atoms with Crippen LogP contribution in [0.4, 0.5) is 0 Å². The number of benzene rings is 11. The van der Waals surface area contributed by atoms with Gasteiger partial charge in [0.2, 0.25) is 0 Å². The summed E-state index contributed by atoms with van der Waals surface area (Å²) in [6, 6.07) is 91.8. The minimum absolute atomic E-state index is 0.544. The number of ether oxygens (including phenoxy) is 2. The van der Waals surface area contributed by atoms with E-state index in [1.54, 1.807) is 0 Å². The molecule has 13 aromatic rings. The average molecular weight is 1110 g/mol. The van der Waals surface area contributed by atoms with Gasteiger partial charge in [-0.3, -0.25) is 0 Å². The minimum atomic E-state index is 0.544. The summed E-state index contributed by atoms with van der Waals surface area (Å²) < 4.78 is 19.2. The van der Waals surface area contributed by atoms with Crippen molar-refractivity contribution in [1.82, 2.24) is 9.13 Å². The predicted molar refractivity (Wildman–Crippen MR) is 322 cm³/mol. The van der Waals surface area contributed by atoms with E-state index < -0.39 is 0 Å². The summed E-state index contributed by atoms with van der Waals surface area (Å²) in [5.41, 5.74) is 21.2. The van der Waals surface area contributed by atoms with Crippen LogP contribution in [0.25, 0.3) is 99.5 Å². The molecule has 11 aromatic carbocycles. The van der Waals surface area contributed by atoms with Crippen molar-refractivity contribution in [3.05, 3.63) is 286 Å². The van der Waals surface area contributed by atoms with Crippen molar-refractivity contribution in [2.75, 3.05) is 0 Å². The summed E-state index contributed by atoms with van der Waals surface area (Å²) in [5.74, 6) is 0. The fourth-order valence-corrected chi connectivity index (χ4v) is 11.2. The second-order valence-corrected chi connectivity index (χ2v) is 21.3. The van der Waals surface area contributed by atoms with Crippen LogP contribution in [-0.4, -0.2) is 9.13 Å². The third kappa shape index (κ3) is 9.62. The second-order valence-electron chi connectivity index (χ2n) is 19.5. The summed E-state index contributed by atoms with van der Waals surface area (Å²) >= 11 is 7.15. The summed E-state index contributed by atoms with van der Waals surface area (Å²) in [6.45, 7) is 2.18. The SMILES string of the molecule is Brc1ccc(-c2ccc3c(c2)c2ccccc2n3-c2ccc(-c3ccc(COCc4ccc(COCc5ccc(-c6ccc(-n7c8ccccc8c8cc(-c9ccc(Br)cc9)ccc87)cc6)cc5)cc4)cc3)cc2)cc1. The molecule has 4 nitrogen and oxygen atoms in total. The van der Waals surface area contributed by atoms with E-state index in [-0.39, 0.29) is 0 Å². The lowest BCUT2D eigenvalue weighted by molar-refractivity contribution is 0.105. The Morgan fingerprint density at radius 3 is 0.868 bits per heavy atom. The molecule has 0 saturated carbocycles. The smallest absolute Gasteiger partial charge is 0.0721 e. The first-order chi connectivity index (χ1) is 37.5. The van der Waals surface area contributed by atoms with Gasteiger partial charge in [-0.25, -0.2) is 0 Å². The van der Waals surface area contributed by atoms with Crippen molar-refractivity contribution in [1.29, 1.82) is 0 Å². The zero-order valence-electron chi connectivity index (χ0n) is 41.5. The van der Waals surface area contributed by atoms with Crippen LogP contribution >= 0.6 is 31.9 Å². The van der Waals surface area contributed by atoms with Gasteiger partial charge in [-0.2, -0.15) is 0 Å². The lowest BCUT2D eigenvalue weighted by Gasteiger charge is -2.11. The van der Waals surface area contributed by atoms with Gasteiger partial charge >= 0.3 is 0 Å². The van der Waals surface area contributed by atoms with E-state index in [9.17, 15) is 0 Å². The molecule has 0 spiro atoms. The molecule has 0 aliphatic carbocycles. The molecule has 366 valence electrons. The van der Waals surface area contributed by atoms with Crippen LogP contribution in [0.2, 0.25) is 0 Å². The highest BCUT2D eigenvalue weighted by atomic mass is 79.9. The molecule has 0 aliphatic rings. The molecule has 0 atom stereocenters. The quantitative estimate of drug-likeness (QED) is 0.109. The molecule has 2 heterocycles. The topological polar surface area (TPSA) is 28.3 Å². The second kappa shape index (κ2) is 20.9. The van der Waals surface area contributed by atoms with Crippen LogP contribution < -0.4 is 0 Å². The molecule has 0 saturated heterocycles. The van der Waals surface area contributed by atoms with Crippen LogP contribution in [0.15, 0.2) is 264 Å². The average Bonchev–Trinajstić information content (AvgIpc) is 4.00. The van der Waals surface area contributed by atoms with E-state index in [1.165, 1.54) is 88.1 Å². The number of halogens is 2. The van der Waals surface area contributed by atoms with Crippen LogP contribution in [-0.2, 0) is 35.9 Å². The van der Waals surface area contributed by atoms with Crippen molar-refractivity contribution in [3.8, 4) is 55.9 Å². The number of fused-ring (bicyclic) bond motifs is 6. The van der Waals surface area contributed by atoms with Crippen LogP contribution in [0.1, 0.15) is 22.3 Å². The standard InChI is InChI=1S/C70H50Br2N2O2/c71-59-31-21-55(22-32-59)57-29-39-69-65(41-57)63-5-1-3-7-67(63)73(69)61-35-25-53(26-36-61)51-17-13-49(14-18-51)45-75-43-47-9-11-48(12-10-47)44-76-46-50-15-19-52(20-16-50)54-27-37-62(38-28-54)74-68-8-4-2-6-64(68)66-42-58(30-40-70(66)74)56-23-33-60(72)34-24-56/h1-42H,43-46H2. The molecule has 6 heteroatoms. The number of rotatable bonds is 14. The van der Waals surface area contributed by atoms with E-state index in [2.05, 4.69) is 296 Å². The molecular weight excluding hydrogens is 1060 g/mol. The van der Waals surface area contributed by atoms with Gasteiger partial charge in [-0.15, -0.1) is 0 Å². The van der Waals surface area contributed by atoms with Crippen LogP contribution in [0.5, 0.6) is 0 Å². The lowest BCUT2D eigenvalue weighted by Crippen LogP contribution is -1.97. The first kappa shape index (κ1) is 47.6. The van der Waals surface area contributed by atoms with Gasteiger partial charge in [-0.05, 0) is 152 Å². The van der Waals surface area contributed by atoms with Crippen molar-refractivity contribution >= 4 is 75.5 Å². The molecule has 0 amide bonds. The maximum atomic E-state index is 6.17. The number of hydrogen-bond acceptors (Lipinski definition) is 2. The Hall–Kier alpha value is -8.10. The number of para-hydroxylation sites is 2. The Labute approximate surface area is 459 Å². The minimum Gasteiger partial charge on any atom is -0.372 e. The van der Waals surface area contributed by atoms with E-state index in [0.717, 1.165) is 42.6 Å². The zero-order valence-corrected chi connectivity index (χ0v) is 44.7. The molecule has 0 bridgehead atoms. The molecule has 0 fully saturated rings. The van der Waals surface area contributed by atoms with Crippen LogP contribution in [0, 0.1) is 0 Å². The number of nitrogens with zero attached hydrogens (tertiary/aromatic N) is 2. The first-order valence-corrected chi connectivity index (χ1v) is 27.3. The Morgan fingerprint density at radius 1 is 0.250 bits per heavy atom. The van der Waals surface area contributed by atoms with Gasteiger partial charge < -0.3 is 18.6 Å². The highest BCUT2D eigenvalue weighted by Gasteiger charge is 2.16. The van der Waals surface area contributed by atoms with Crippen molar-refractivity contribution in [2.24, 2.45) is 0 Å². The molecular formula is C70H50Br2N2O2. The predicted octanol–water partition coefficient (Wildman–Crippen LogP) is 19.5.